The molecule has 238 valence electrons. The normalized spacial score (nSPS) is 11.5. The lowest BCUT2D eigenvalue weighted by Gasteiger charge is -2.14. The third-order valence-corrected chi connectivity index (χ3v) is 10.8. The summed E-state index contributed by atoms with van der Waals surface area (Å²) in [5.74, 6) is 0. The van der Waals surface area contributed by atoms with E-state index in [1.165, 1.54) is 41.9 Å². The molecule has 4 nitrogen and oxygen atoms in total. The molecule has 0 unspecified atom stereocenters. The minimum atomic E-state index is 0.812. The zero-order valence-electron chi connectivity index (χ0n) is 27.4. The van der Waals surface area contributed by atoms with Gasteiger partial charge in [0, 0.05) is 38.8 Å². The lowest BCUT2D eigenvalue weighted by molar-refractivity contribution is 1.22. The Balaban J connectivity index is 1.15. The maximum absolute atomic E-state index is 5.44. The predicted molar refractivity (Wildman–Crippen MR) is 213 cm³/mol. The topological polar surface area (TPSA) is 51.6 Å². The van der Waals surface area contributed by atoms with Gasteiger partial charge < -0.3 is 0 Å². The summed E-state index contributed by atoms with van der Waals surface area (Å²) < 4.78 is 2.48. The first-order chi connectivity index (χ1) is 25.3. The van der Waals surface area contributed by atoms with E-state index in [0.717, 1.165) is 56.2 Å². The van der Waals surface area contributed by atoms with Crippen molar-refractivity contribution in [1.82, 2.24) is 19.9 Å². The van der Waals surface area contributed by atoms with E-state index >= 15 is 0 Å². The zero-order chi connectivity index (χ0) is 33.7. The molecule has 5 aromatic carbocycles. The van der Waals surface area contributed by atoms with Crippen LogP contribution in [0.3, 0.4) is 0 Å². The fourth-order valence-corrected chi connectivity index (χ4v) is 8.43. The molecule has 0 saturated heterocycles. The summed E-state index contributed by atoms with van der Waals surface area (Å²) in [4.78, 5) is 19.6. The molecule has 51 heavy (non-hydrogen) atoms. The summed E-state index contributed by atoms with van der Waals surface area (Å²) >= 11 is 1.83. The van der Waals surface area contributed by atoms with E-state index in [9.17, 15) is 0 Å². The van der Waals surface area contributed by atoms with Gasteiger partial charge in [0.15, 0.2) is 0 Å². The highest BCUT2D eigenvalue weighted by Crippen LogP contribution is 2.46. The van der Waals surface area contributed by atoms with Crippen LogP contribution in [0.2, 0.25) is 0 Å². The molecule has 0 fully saturated rings. The number of thiophene rings is 1. The van der Waals surface area contributed by atoms with Crippen LogP contribution in [0, 0.1) is 0 Å². The van der Waals surface area contributed by atoms with Crippen molar-refractivity contribution in [3.63, 3.8) is 0 Å². The highest BCUT2D eigenvalue weighted by molar-refractivity contribution is 7.26. The molecule has 10 aromatic rings. The van der Waals surface area contributed by atoms with Crippen molar-refractivity contribution in [2.24, 2.45) is 0 Å². The Morgan fingerprint density at radius 1 is 0.412 bits per heavy atom. The van der Waals surface area contributed by atoms with Crippen molar-refractivity contribution in [1.29, 1.82) is 0 Å². The van der Waals surface area contributed by atoms with Gasteiger partial charge in [0.25, 0.3) is 0 Å². The maximum Gasteiger partial charge on any atom is 0.0900 e. The second kappa shape index (κ2) is 12.1. The first kappa shape index (κ1) is 29.4. The number of hydrogen-bond donors (Lipinski definition) is 0. The summed E-state index contributed by atoms with van der Waals surface area (Å²) in [6.07, 6.45) is 3.60. The van der Waals surface area contributed by atoms with E-state index in [-0.39, 0.29) is 0 Å². The number of hydrogen-bond acceptors (Lipinski definition) is 5. The average molecular weight is 669 g/mol. The van der Waals surface area contributed by atoms with Crippen LogP contribution in [0.5, 0.6) is 0 Å². The zero-order valence-corrected chi connectivity index (χ0v) is 28.2. The lowest BCUT2D eigenvalue weighted by atomic mass is 9.93. The van der Waals surface area contributed by atoms with Gasteiger partial charge in [-0.15, -0.1) is 11.3 Å². The largest absolute Gasteiger partial charge is 0.255 e. The van der Waals surface area contributed by atoms with Crippen molar-refractivity contribution in [3.8, 4) is 56.3 Å². The van der Waals surface area contributed by atoms with Gasteiger partial charge in [0.2, 0.25) is 0 Å². The van der Waals surface area contributed by atoms with E-state index < -0.39 is 0 Å². The van der Waals surface area contributed by atoms with Crippen LogP contribution in [0.4, 0.5) is 0 Å². The van der Waals surface area contributed by atoms with Gasteiger partial charge in [-0.1, -0.05) is 109 Å². The van der Waals surface area contributed by atoms with Gasteiger partial charge in [-0.25, -0.2) is 9.97 Å². The monoisotopic (exact) mass is 668 g/mol. The van der Waals surface area contributed by atoms with E-state index in [0.29, 0.717) is 0 Å². The van der Waals surface area contributed by atoms with Crippen molar-refractivity contribution < 1.29 is 0 Å². The Kier molecular flexibility index (Phi) is 6.96. The molecule has 0 aliphatic carbocycles. The van der Waals surface area contributed by atoms with Gasteiger partial charge in [-0.3, -0.25) is 9.97 Å². The molecular weight excluding hydrogens is 641 g/mol. The van der Waals surface area contributed by atoms with E-state index in [2.05, 4.69) is 131 Å². The molecule has 0 aliphatic heterocycles. The van der Waals surface area contributed by atoms with E-state index in [4.69, 9.17) is 9.97 Å². The number of nitrogens with zero attached hydrogens (tertiary/aromatic N) is 4. The Morgan fingerprint density at radius 3 is 1.78 bits per heavy atom. The second-order valence-electron chi connectivity index (χ2n) is 12.6. The minimum Gasteiger partial charge on any atom is -0.255 e. The Bertz CT molecular complexity index is 2840. The predicted octanol–water partition coefficient (Wildman–Crippen LogP) is 12.3. The molecular formula is C46H28N4S. The Hall–Kier alpha value is -6.56. The summed E-state index contributed by atoms with van der Waals surface area (Å²) in [6, 6.07) is 55.3. The molecule has 0 bridgehead atoms. The van der Waals surface area contributed by atoms with E-state index in [1.807, 2.05) is 47.7 Å². The third-order valence-electron chi connectivity index (χ3n) is 9.59. The lowest BCUT2D eigenvalue weighted by Crippen LogP contribution is -1.94. The molecule has 10 rings (SSSR count). The average Bonchev–Trinajstić information content (AvgIpc) is 3.61. The molecule has 0 aliphatic rings. The molecule has 0 amide bonds. The van der Waals surface area contributed by atoms with Crippen LogP contribution in [-0.2, 0) is 0 Å². The third kappa shape index (κ3) is 5.06. The number of aromatic nitrogens is 4. The van der Waals surface area contributed by atoms with Crippen molar-refractivity contribution in [2.45, 2.75) is 0 Å². The van der Waals surface area contributed by atoms with Crippen molar-refractivity contribution in [3.05, 3.63) is 170 Å². The number of pyridine rings is 4. The van der Waals surface area contributed by atoms with Crippen LogP contribution in [-0.4, -0.2) is 19.9 Å². The van der Waals surface area contributed by atoms with Gasteiger partial charge in [0.1, 0.15) is 0 Å². The molecule has 5 heteroatoms. The number of fused-ring (bicyclic) bond motifs is 6. The fourth-order valence-electron chi connectivity index (χ4n) is 7.21. The highest BCUT2D eigenvalue weighted by Gasteiger charge is 2.20. The molecule has 5 heterocycles. The summed E-state index contributed by atoms with van der Waals surface area (Å²) in [5.41, 5.74) is 10.9. The van der Waals surface area contributed by atoms with Crippen LogP contribution in [0.15, 0.2) is 170 Å². The molecule has 0 atom stereocenters. The summed E-state index contributed by atoms with van der Waals surface area (Å²) in [6.45, 7) is 0. The standard InChI is InChI=1S/C46H28N4S/c1-2-13-33-30(11-1)12-9-16-35(33)45-46-44(36-14-3-4-20-42(36)51-46)43-34(15-10-19-39(43)50-45)31-23-21-29(22-24-31)32-27-40(37-17-5-7-25-47-37)49-41(28-32)38-18-6-8-26-48-38/h1-28H. The van der Waals surface area contributed by atoms with Crippen LogP contribution in [0.25, 0.3) is 98.1 Å². The quantitative estimate of drug-likeness (QED) is 0.183. The van der Waals surface area contributed by atoms with Crippen LogP contribution >= 0.6 is 11.3 Å². The molecule has 5 aromatic heterocycles. The smallest absolute Gasteiger partial charge is 0.0900 e. The SMILES string of the molecule is c1ccc(-c2cc(-c3ccc(-c4cccc5nc(-c6cccc7ccccc67)c6sc7ccccc7c6c45)cc3)cc(-c3ccccn3)n2)nc1. The number of rotatable bonds is 5. The maximum atomic E-state index is 5.44. The highest BCUT2D eigenvalue weighted by atomic mass is 32.1. The summed E-state index contributed by atoms with van der Waals surface area (Å²) in [7, 11) is 0. The fraction of sp³-hybridized carbons (Fsp3) is 0. The molecule has 0 radical (unpaired) electrons. The first-order valence-electron chi connectivity index (χ1n) is 17.0. The minimum absolute atomic E-state index is 0.812. The molecule has 0 spiro atoms. The van der Waals surface area contributed by atoms with Crippen LogP contribution < -0.4 is 0 Å². The van der Waals surface area contributed by atoms with Crippen molar-refractivity contribution >= 4 is 53.2 Å². The molecule has 0 saturated carbocycles. The van der Waals surface area contributed by atoms with E-state index in [1.54, 1.807) is 12.4 Å². The summed E-state index contributed by atoms with van der Waals surface area (Å²) in [5, 5.41) is 6.13. The van der Waals surface area contributed by atoms with Gasteiger partial charge >= 0.3 is 0 Å². The first-order valence-corrected chi connectivity index (χ1v) is 17.8. The van der Waals surface area contributed by atoms with Crippen LogP contribution in [0.1, 0.15) is 0 Å². The second-order valence-corrected chi connectivity index (χ2v) is 13.7. The van der Waals surface area contributed by atoms with Gasteiger partial charge in [-0.05, 0) is 81.6 Å². The van der Waals surface area contributed by atoms with Gasteiger partial charge in [-0.2, -0.15) is 0 Å². The Morgan fingerprint density at radius 2 is 1.04 bits per heavy atom. The number of benzene rings is 5. The van der Waals surface area contributed by atoms with Gasteiger partial charge in [0.05, 0.1) is 38.7 Å². The van der Waals surface area contributed by atoms with Crippen molar-refractivity contribution in [2.75, 3.05) is 0 Å². The molecule has 0 N–H and O–H groups in total. The Labute approximate surface area is 298 Å².